The minimum Gasteiger partial charge on any atom is -0.394 e. The first-order valence-corrected chi connectivity index (χ1v) is 7.28. The number of rotatable bonds is 8. The molecule has 0 rings (SSSR count). The minimum absolute atomic E-state index is 0.0758. The van der Waals surface area contributed by atoms with Gasteiger partial charge in [0.2, 0.25) is 17.4 Å². The number of Topliss-reactive ketones (excluding diaryl/α,β-unsaturated/α-hetero) is 3. The Kier molecular flexibility index (Phi) is 7.28. The molecule has 142 valence electrons. The first kappa shape index (κ1) is 23.0. The molecule has 0 aromatic carbocycles. The Bertz CT molecular complexity index is 572. The zero-order chi connectivity index (χ0) is 20.3. The fourth-order valence-electron chi connectivity index (χ4n) is 3.02. The average Bonchev–Trinajstić information content (AvgIpc) is 2.47. The third-order valence-corrected chi connectivity index (χ3v) is 4.05. The number of ketones is 3. The van der Waals surface area contributed by atoms with Gasteiger partial charge in [-0.3, -0.25) is 28.9 Å². The van der Waals surface area contributed by atoms with Gasteiger partial charge in [0.25, 0.3) is 0 Å². The Morgan fingerprint density at radius 2 is 1.20 bits per heavy atom. The van der Waals surface area contributed by atoms with E-state index in [1.807, 2.05) is 0 Å². The largest absolute Gasteiger partial charge is 0.394 e. The van der Waals surface area contributed by atoms with Gasteiger partial charge in [0.15, 0.2) is 23.0 Å². The molecule has 0 radical (unpaired) electrons. The molecule has 10 nitrogen and oxygen atoms in total. The quantitative estimate of drug-likeness (QED) is 0.337. The van der Waals surface area contributed by atoms with Crippen LogP contribution in [0.1, 0.15) is 34.6 Å². The molecule has 0 aromatic rings. The van der Waals surface area contributed by atoms with Crippen molar-refractivity contribution in [2.75, 3.05) is 6.61 Å². The van der Waals surface area contributed by atoms with Crippen LogP contribution in [-0.2, 0) is 24.0 Å². The fourth-order valence-corrected chi connectivity index (χ4v) is 3.02. The van der Waals surface area contributed by atoms with E-state index in [4.69, 9.17) is 5.11 Å². The number of hydrogen-bond acceptors (Lipinski definition) is 9. The van der Waals surface area contributed by atoms with Crippen LogP contribution >= 0.6 is 0 Å². The average molecular weight is 361 g/mol. The number of aliphatic hydroxyl groups is 4. The SMILES string of the molecule is CC(=O)N(C(C)=O)C(C(C)=O)(C(C)=O)[C@](O)(C(C)=O)[C@H](O)[C@H](O)CO. The van der Waals surface area contributed by atoms with E-state index in [0.29, 0.717) is 6.92 Å². The maximum atomic E-state index is 12.4. The summed E-state index contributed by atoms with van der Waals surface area (Å²) in [5, 5.41) is 39.8. The Morgan fingerprint density at radius 3 is 1.40 bits per heavy atom. The molecule has 0 aliphatic heterocycles. The predicted octanol–water partition coefficient (Wildman–Crippen LogP) is -2.67. The van der Waals surface area contributed by atoms with Crippen LogP contribution in [0, 0.1) is 0 Å². The summed E-state index contributed by atoms with van der Waals surface area (Å²) in [5.41, 5.74) is -6.50. The van der Waals surface area contributed by atoms with Gasteiger partial charge < -0.3 is 20.4 Å². The van der Waals surface area contributed by atoms with Crippen LogP contribution in [0.4, 0.5) is 0 Å². The van der Waals surface area contributed by atoms with Crippen LogP contribution in [0.25, 0.3) is 0 Å². The number of imide groups is 1. The number of nitrogens with zero attached hydrogens (tertiary/aromatic N) is 1. The Hall–Kier alpha value is -2.01. The predicted molar refractivity (Wildman–Crippen MR) is 82.0 cm³/mol. The van der Waals surface area contributed by atoms with Gasteiger partial charge in [0.1, 0.15) is 12.2 Å². The van der Waals surface area contributed by atoms with E-state index in [0.717, 1.165) is 27.7 Å². The second-order valence-electron chi connectivity index (χ2n) is 5.71. The third kappa shape index (κ3) is 3.38. The Balaban J connectivity index is 7.21. The molecule has 0 bridgehead atoms. The Labute approximate surface area is 144 Å². The van der Waals surface area contributed by atoms with Crippen molar-refractivity contribution >= 4 is 29.2 Å². The molecule has 0 unspecified atom stereocenters. The van der Waals surface area contributed by atoms with Crippen LogP contribution in [0.5, 0.6) is 0 Å². The molecule has 3 atom stereocenters. The zero-order valence-corrected chi connectivity index (χ0v) is 14.6. The lowest BCUT2D eigenvalue weighted by atomic mass is 9.66. The van der Waals surface area contributed by atoms with E-state index < -0.39 is 59.1 Å². The summed E-state index contributed by atoms with van der Waals surface area (Å²) in [5.74, 6) is -6.24. The highest BCUT2D eigenvalue weighted by Gasteiger charge is 2.69. The maximum absolute atomic E-state index is 12.4. The lowest BCUT2D eigenvalue weighted by Crippen LogP contribution is -2.80. The highest BCUT2D eigenvalue weighted by Crippen LogP contribution is 2.37. The van der Waals surface area contributed by atoms with Crippen LogP contribution in [-0.4, -0.2) is 84.4 Å². The first-order valence-electron chi connectivity index (χ1n) is 7.28. The molecule has 0 saturated heterocycles. The number of carbonyl (C=O) groups is 5. The summed E-state index contributed by atoms with van der Waals surface area (Å²) in [7, 11) is 0. The van der Waals surface area contributed by atoms with Gasteiger partial charge in [-0.05, 0) is 20.8 Å². The van der Waals surface area contributed by atoms with Gasteiger partial charge in [-0.1, -0.05) is 0 Å². The second kappa shape index (κ2) is 7.91. The van der Waals surface area contributed by atoms with Crippen molar-refractivity contribution in [3.05, 3.63) is 0 Å². The molecule has 0 fully saturated rings. The molecule has 25 heavy (non-hydrogen) atoms. The highest BCUT2D eigenvalue weighted by atomic mass is 16.4. The molecular weight excluding hydrogens is 338 g/mol. The van der Waals surface area contributed by atoms with Gasteiger partial charge in [0, 0.05) is 13.8 Å². The smallest absolute Gasteiger partial charge is 0.227 e. The van der Waals surface area contributed by atoms with E-state index >= 15 is 0 Å². The summed E-state index contributed by atoms with van der Waals surface area (Å²) in [6, 6.07) is 0. The molecule has 2 amide bonds. The summed E-state index contributed by atoms with van der Waals surface area (Å²) < 4.78 is 0. The number of hydrogen-bond donors (Lipinski definition) is 4. The van der Waals surface area contributed by atoms with Gasteiger partial charge in [-0.2, -0.15) is 0 Å². The van der Waals surface area contributed by atoms with E-state index in [9.17, 15) is 39.3 Å². The van der Waals surface area contributed by atoms with Crippen molar-refractivity contribution in [1.29, 1.82) is 0 Å². The van der Waals surface area contributed by atoms with Crippen LogP contribution in [0.2, 0.25) is 0 Å². The third-order valence-electron chi connectivity index (χ3n) is 4.05. The van der Waals surface area contributed by atoms with Crippen molar-refractivity contribution in [1.82, 2.24) is 4.90 Å². The van der Waals surface area contributed by atoms with Gasteiger partial charge >= 0.3 is 0 Å². The first-order chi connectivity index (χ1) is 11.2. The topological polar surface area (TPSA) is 170 Å². The van der Waals surface area contributed by atoms with Crippen LogP contribution in [0.3, 0.4) is 0 Å². The molecule has 4 N–H and O–H groups in total. The summed E-state index contributed by atoms with van der Waals surface area (Å²) in [4.78, 5) is 60.9. The minimum atomic E-state index is -3.38. The van der Waals surface area contributed by atoms with Crippen molar-refractivity contribution in [2.45, 2.75) is 58.0 Å². The lowest BCUT2D eigenvalue weighted by molar-refractivity contribution is -0.206. The molecule has 0 aliphatic carbocycles. The fraction of sp³-hybridized carbons (Fsp3) is 0.667. The molecule has 0 heterocycles. The molecule has 0 aromatic heterocycles. The molecule has 0 saturated carbocycles. The van der Waals surface area contributed by atoms with Gasteiger partial charge in [0.05, 0.1) is 6.61 Å². The molecular formula is C15H23NO9. The Morgan fingerprint density at radius 1 is 0.840 bits per heavy atom. The molecule has 0 spiro atoms. The van der Waals surface area contributed by atoms with Crippen molar-refractivity contribution in [2.24, 2.45) is 0 Å². The van der Waals surface area contributed by atoms with Crippen LogP contribution < -0.4 is 0 Å². The van der Waals surface area contributed by atoms with E-state index in [2.05, 4.69) is 0 Å². The van der Waals surface area contributed by atoms with Crippen molar-refractivity contribution in [3.63, 3.8) is 0 Å². The van der Waals surface area contributed by atoms with Crippen molar-refractivity contribution in [3.8, 4) is 0 Å². The van der Waals surface area contributed by atoms with Crippen LogP contribution in [0.15, 0.2) is 0 Å². The number of amides is 2. The number of carbonyl (C=O) groups excluding carboxylic acids is 5. The van der Waals surface area contributed by atoms with E-state index in [-0.39, 0.29) is 4.90 Å². The summed E-state index contributed by atoms with van der Waals surface area (Å²) >= 11 is 0. The normalized spacial score (nSPS) is 16.4. The van der Waals surface area contributed by atoms with E-state index in [1.165, 1.54) is 0 Å². The van der Waals surface area contributed by atoms with Gasteiger partial charge in [-0.15, -0.1) is 0 Å². The monoisotopic (exact) mass is 361 g/mol. The summed E-state index contributed by atoms with van der Waals surface area (Å²) in [6.45, 7) is 2.68. The molecule has 10 heteroatoms. The summed E-state index contributed by atoms with van der Waals surface area (Å²) in [6.07, 6.45) is -4.70. The number of aliphatic hydroxyl groups excluding tert-OH is 3. The standard InChI is InChI=1S/C15H23NO9/c1-7(18)14(8(2)19,16(10(4)21)11(5)22)15(25,9(3)20)13(24)12(23)6-17/h12-13,17,23-25H,6H2,1-5H3/t12-,13-,15+/m1/s1. The van der Waals surface area contributed by atoms with E-state index in [1.54, 1.807) is 0 Å². The highest BCUT2D eigenvalue weighted by molar-refractivity contribution is 6.21. The zero-order valence-electron chi connectivity index (χ0n) is 14.6. The second-order valence-corrected chi connectivity index (χ2v) is 5.71. The molecule has 0 aliphatic rings. The maximum Gasteiger partial charge on any atom is 0.227 e. The van der Waals surface area contributed by atoms with Gasteiger partial charge in [-0.25, -0.2) is 0 Å². The van der Waals surface area contributed by atoms with Crippen molar-refractivity contribution < 1.29 is 44.4 Å². The lowest BCUT2D eigenvalue weighted by Gasteiger charge is -2.49.